The van der Waals surface area contributed by atoms with E-state index in [-0.39, 0.29) is 0 Å². The van der Waals surface area contributed by atoms with Gasteiger partial charge in [0.2, 0.25) is 0 Å². The molecule has 0 aliphatic carbocycles. The van der Waals surface area contributed by atoms with Gasteiger partial charge in [-0.25, -0.2) is 4.98 Å². The number of nitrogens with zero attached hydrogens (tertiary/aromatic N) is 1. The summed E-state index contributed by atoms with van der Waals surface area (Å²) in [7, 11) is 0. The lowest BCUT2D eigenvalue weighted by molar-refractivity contribution is 1.05. The third-order valence-corrected chi connectivity index (χ3v) is 1.66. The van der Waals surface area contributed by atoms with Crippen LogP contribution in [-0.2, 0) is 6.54 Å². The molecule has 10 heavy (non-hydrogen) atoms. The molecule has 0 aliphatic heterocycles. The second-order valence-electron chi connectivity index (χ2n) is 1.93. The quantitative estimate of drug-likeness (QED) is 0.569. The lowest BCUT2D eigenvalue weighted by Gasteiger charge is -1.98. The van der Waals surface area contributed by atoms with Crippen LogP contribution in [0.4, 0.5) is 5.82 Å². The Balaban J connectivity index is 3.06. The molecule has 0 atom stereocenters. The molecule has 1 heterocycles. The number of nitrogens with two attached hydrogens (primary N) is 2. The smallest absolute Gasteiger partial charge is 0.124 e. The molecule has 1 rings (SSSR count). The summed E-state index contributed by atoms with van der Waals surface area (Å²) in [5.74, 6) is 0.535. The number of hydrogen-bond donors (Lipinski definition) is 2. The topological polar surface area (TPSA) is 64.9 Å². The average Bonchev–Trinajstić information content (AvgIpc) is 1.85. The minimum Gasteiger partial charge on any atom is -0.384 e. The summed E-state index contributed by atoms with van der Waals surface area (Å²) >= 11 is 2.11. The molecule has 3 nitrogen and oxygen atoms in total. The average molecular weight is 249 g/mol. The third-order valence-electron chi connectivity index (χ3n) is 1.11. The van der Waals surface area contributed by atoms with Crippen molar-refractivity contribution in [3.8, 4) is 0 Å². The van der Waals surface area contributed by atoms with Gasteiger partial charge in [0.25, 0.3) is 0 Å². The van der Waals surface area contributed by atoms with Crippen molar-refractivity contribution >= 4 is 28.4 Å². The van der Waals surface area contributed by atoms with Crippen LogP contribution < -0.4 is 11.5 Å². The molecule has 0 saturated heterocycles. The highest BCUT2D eigenvalue weighted by molar-refractivity contribution is 14.1. The first-order valence-electron chi connectivity index (χ1n) is 2.84. The molecule has 0 fully saturated rings. The van der Waals surface area contributed by atoms with E-state index in [1.807, 2.05) is 6.07 Å². The molecule has 54 valence electrons. The van der Waals surface area contributed by atoms with Crippen LogP contribution in [-0.4, -0.2) is 4.98 Å². The molecule has 0 bridgehead atoms. The summed E-state index contributed by atoms with van der Waals surface area (Å²) in [6.07, 6.45) is 0. The number of hydrogen-bond acceptors (Lipinski definition) is 3. The highest BCUT2D eigenvalue weighted by Crippen LogP contribution is 2.08. The first-order valence-corrected chi connectivity index (χ1v) is 3.92. The summed E-state index contributed by atoms with van der Waals surface area (Å²) in [4.78, 5) is 3.99. The monoisotopic (exact) mass is 249 g/mol. The van der Waals surface area contributed by atoms with Crippen molar-refractivity contribution in [3.63, 3.8) is 0 Å². The fourth-order valence-corrected chi connectivity index (χ4v) is 1.37. The minimum atomic E-state index is 0.517. The van der Waals surface area contributed by atoms with Crippen LogP contribution in [0.15, 0.2) is 12.1 Å². The van der Waals surface area contributed by atoms with Crippen LogP contribution in [0.5, 0.6) is 0 Å². The van der Waals surface area contributed by atoms with Crippen molar-refractivity contribution in [2.75, 3.05) is 5.73 Å². The number of aromatic nitrogens is 1. The summed E-state index contributed by atoms with van der Waals surface area (Å²) in [5, 5.41) is 0. The van der Waals surface area contributed by atoms with Gasteiger partial charge in [-0.3, -0.25) is 0 Å². The molecule has 1 aromatic rings. The van der Waals surface area contributed by atoms with Crippen LogP contribution in [0, 0.1) is 3.70 Å². The first kappa shape index (κ1) is 7.74. The maximum Gasteiger partial charge on any atom is 0.124 e. The van der Waals surface area contributed by atoms with E-state index in [0.717, 1.165) is 9.26 Å². The molecule has 0 amide bonds. The Morgan fingerprint density at radius 2 is 2.20 bits per heavy atom. The van der Waals surface area contributed by atoms with Gasteiger partial charge < -0.3 is 11.5 Å². The van der Waals surface area contributed by atoms with Crippen molar-refractivity contribution in [2.45, 2.75) is 6.54 Å². The van der Waals surface area contributed by atoms with E-state index in [2.05, 4.69) is 27.6 Å². The van der Waals surface area contributed by atoms with Crippen LogP contribution >= 0.6 is 22.6 Å². The van der Waals surface area contributed by atoms with Gasteiger partial charge in [0.1, 0.15) is 9.52 Å². The Bertz CT molecular complexity index is 216. The molecular formula is C6H8IN3. The zero-order chi connectivity index (χ0) is 7.56. The summed E-state index contributed by atoms with van der Waals surface area (Å²) in [6, 6.07) is 3.69. The van der Waals surface area contributed by atoms with E-state index in [9.17, 15) is 0 Å². The van der Waals surface area contributed by atoms with Gasteiger partial charge in [-0.1, -0.05) is 0 Å². The van der Waals surface area contributed by atoms with E-state index in [0.29, 0.717) is 12.4 Å². The van der Waals surface area contributed by atoms with Crippen LogP contribution in [0.1, 0.15) is 5.56 Å². The lowest BCUT2D eigenvalue weighted by Crippen LogP contribution is -2.00. The lowest BCUT2D eigenvalue weighted by atomic mass is 10.3. The van der Waals surface area contributed by atoms with Gasteiger partial charge in [0.05, 0.1) is 0 Å². The van der Waals surface area contributed by atoms with E-state index < -0.39 is 0 Å². The Hall–Kier alpha value is -0.360. The summed E-state index contributed by atoms with van der Waals surface area (Å²) in [5.41, 5.74) is 11.9. The van der Waals surface area contributed by atoms with Crippen LogP contribution in [0.2, 0.25) is 0 Å². The van der Waals surface area contributed by atoms with Crippen LogP contribution in [0.3, 0.4) is 0 Å². The third kappa shape index (κ3) is 1.81. The van der Waals surface area contributed by atoms with E-state index in [1.54, 1.807) is 6.07 Å². The van der Waals surface area contributed by atoms with Crippen molar-refractivity contribution in [1.82, 2.24) is 4.98 Å². The fourth-order valence-electron chi connectivity index (χ4n) is 0.690. The highest BCUT2D eigenvalue weighted by Gasteiger charge is 1.94. The van der Waals surface area contributed by atoms with Gasteiger partial charge in [0.15, 0.2) is 0 Å². The molecule has 0 aliphatic rings. The molecule has 0 aromatic carbocycles. The summed E-state index contributed by atoms with van der Waals surface area (Å²) < 4.78 is 0.887. The highest BCUT2D eigenvalue weighted by atomic mass is 127. The predicted octanol–water partition coefficient (Wildman–Crippen LogP) is 0.727. The fraction of sp³-hybridized carbons (Fsp3) is 0.167. The first-order chi connectivity index (χ1) is 4.72. The predicted molar refractivity (Wildman–Crippen MR) is 49.3 cm³/mol. The number of anilines is 1. The number of pyridine rings is 1. The van der Waals surface area contributed by atoms with Gasteiger partial charge >= 0.3 is 0 Å². The Labute approximate surface area is 73.0 Å². The Morgan fingerprint density at radius 3 is 2.70 bits per heavy atom. The maximum atomic E-state index is 5.46. The zero-order valence-electron chi connectivity index (χ0n) is 5.34. The van der Waals surface area contributed by atoms with E-state index in [4.69, 9.17) is 11.5 Å². The number of rotatable bonds is 1. The molecule has 0 unspecified atom stereocenters. The largest absolute Gasteiger partial charge is 0.384 e. The molecule has 1 aromatic heterocycles. The van der Waals surface area contributed by atoms with E-state index >= 15 is 0 Å². The molecule has 4 heteroatoms. The standard InChI is InChI=1S/C6H8IN3/c7-5-1-4(3-8)2-6(9)10-5/h1-2H,3,8H2,(H2,9,10). The Morgan fingerprint density at radius 1 is 1.50 bits per heavy atom. The van der Waals surface area contributed by atoms with Crippen molar-refractivity contribution in [1.29, 1.82) is 0 Å². The van der Waals surface area contributed by atoms with Gasteiger partial charge in [0, 0.05) is 6.54 Å². The van der Waals surface area contributed by atoms with E-state index in [1.165, 1.54) is 0 Å². The van der Waals surface area contributed by atoms with Gasteiger partial charge in [-0.05, 0) is 40.3 Å². The molecule has 0 spiro atoms. The SMILES string of the molecule is NCc1cc(N)nc(I)c1. The molecule has 0 saturated carbocycles. The number of nitrogen functional groups attached to an aromatic ring is 1. The maximum absolute atomic E-state index is 5.46. The zero-order valence-corrected chi connectivity index (χ0v) is 7.50. The second kappa shape index (κ2) is 3.16. The van der Waals surface area contributed by atoms with Gasteiger partial charge in [-0.2, -0.15) is 0 Å². The molecule has 4 N–H and O–H groups in total. The van der Waals surface area contributed by atoms with Crippen molar-refractivity contribution < 1.29 is 0 Å². The van der Waals surface area contributed by atoms with Crippen molar-refractivity contribution in [3.05, 3.63) is 21.4 Å². The van der Waals surface area contributed by atoms with Crippen LogP contribution in [0.25, 0.3) is 0 Å². The molecule has 0 radical (unpaired) electrons. The van der Waals surface area contributed by atoms with Gasteiger partial charge in [-0.15, -0.1) is 0 Å². The summed E-state index contributed by atoms with van der Waals surface area (Å²) in [6.45, 7) is 0.517. The number of halogens is 1. The normalized spacial score (nSPS) is 9.80. The second-order valence-corrected chi connectivity index (χ2v) is 3.03. The minimum absolute atomic E-state index is 0.517. The molecular weight excluding hydrogens is 241 g/mol. The Kier molecular flexibility index (Phi) is 2.44. The van der Waals surface area contributed by atoms with Crippen molar-refractivity contribution in [2.24, 2.45) is 5.73 Å².